The van der Waals surface area contributed by atoms with E-state index in [0.29, 0.717) is 18.3 Å². The van der Waals surface area contributed by atoms with Gasteiger partial charge in [0.2, 0.25) is 0 Å². The molecule has 1 aliphatic carbocycles. The molecule has 0 spiro atoms. The summed E-state index contributed by atoms with van der Waals surface area (Å²) >= 11 is 0. The molecular weight excluding hydrogens is 214 g/mol. The minimum Gasteiger partial charge on any atom is -0.375 e. The fourth-order valence-corrected chi connectivity index (χ4v) is 3.04. The molecule has 2 rings (SSSR count). The highest BCUT2D eigenvalue weighted by Gasteiger charge is 2.27. The number of rotatable bonds is 5. The van der Waals surface area contributed by atoms with Crippen molar-refractivity contribution in [3.63, 3.8) is 0 Å². The summed E-state index contributed by atoms with van der Waals surface area (Å²) in [6, 6.07) is 0. The maximum absolute atomic E-state index is 6.06. The zero-order valence-electron chi connectivity index (χ0n) is 11.3. The van der Waals surface area contributed by atoms with Crippen LogP contribution in [-0.4, -0.2) is 38.5 Å². The van der Waals surface area contributed by atoms with Crippen molar-refractivity contribution in [2.24, 2.45) is 5.92 Å². The van der Waals surface area contributed by atoms with Crippen LogP contribution in [0.1, 0.15) is 45.4 Å². The molecule has 4 unspecified atom stereocenters. The van der Waals surface area contributed by atoms with E-state index in [-0.39, 0.29) is 0 Å². The van der Waals surface area contributed by atoms with Gasteiger partial charge in [0.25, 0.3) is 0 Å². The quantitative estimate of drug-likeness (QED) is 0.801. The van der Waals surface area contributed by atoms with Gasteiger partial charge in [-0.25, -0.2) is 0 Å². The summed E-state index contributed by atoms with van der Waals surface area (Å²) in [5.74, 6) is 0.734. The lowest BCUT2D eigenvalue weighted by Crippen LogP contribution is -2.30. The predicted octanol–water partition coefficient (Wildman–Crippen LogP) is 2.35. The second-order valence-electron chi connectivity index (χ2n) is 5.65. The zero-order chi connectivity index (χ0) is 12.1. The Hall–Kier alpha value is -0.120. The van der Waals surface area contributed by atoms with E-state index in [1.807, 2.05) is 7.05 Å². The van der Waals surface area contributed by atoms with E-state index in [9.17, 15) is 0 Å². The van der Waals surface area contributed by atoms with Crippen molar-refractivity contribution in [3.05, 3.63) is 0 Å². The summed E-state index contributed by atoms with van der Waals surface area (Å²) < 4.78 is 12.0. The van der Waals surface area contributed by atoms with E-state index in [1.54, 1.807) is 0 Å². The van der Waals surface area contributed by atoms with Gasteiger partial charge < -0.3 is 14.8 Å². The van der Waals surface area contributed by atoms with E-state index in [0.717, 1.165) is 25.5 Å². The molecular formula is C14H27NO2. The van der Waals surface area contributed by atoms with E-state index >= 15 is 0 Å². The molecule has 2 fully saturated rings. The molecule has 1 N–H and O–H groups in total. The highest BCUT2D eigenvalue weighted by atomic mass is 16.5. The van der Waals surface area contributed by atoms with Crippen molar-refractivity contribution >= 4 is 0 Å². The molecule has 0 amide bonds. The largest absolute Gasteiger partial charge is 0.375 e. The van der Waals surface area contributed by atoms with Crippen LogP contribution < -0.4 is 5.32 Å². The Kier molecular flexibility index (Phi) is 5.26. The minimum atomic E-state index is 0.336. The zero-order valence-corrected chi connectivity index (χ0v) is 11.3. The Bertz CT molecular complexity index is 222. The molecule has 3 heteroatoms. The van der Waals surface area contributed by atoms with Gasteiger partial charge >= 0.3 is 0 Å². The molecule has 2 aliphatic rings. The Morgan fingerprint density at radius 1 is 1.12 bits per heavy atom. The van der Waals surface area contributed by atoms with E-state index < -0.39 is 0 Å². The number of ether oxygens (including phenoxy) is 2. The highest BCUT2D eigenvalue weighted by molar-refractivity contribution is 4.77. The molecule has 0 aromatic carbocycles. The lowest BCUT2D eigenvalue weighted by atomic mass is 9.88. The normalized spacial score (nSPS) is 38.5. The maximum Gasteiger partial charge on any atom is 0.0814 e. The monoisotopic (exact) mass is 241 g/mol. The van der Waals surface area contributed by atoms with Crippen LogP contribution in [0.4, 0.5) is 0 Å². The standard InChI is InChI=1S/C14H27NO2/c1-11-5-3-4-6-14(11)16-10-13-8-7-12(17-13)9-15-2/h11-15H,3-10H2,1-2H3. The summed E-state index contributed by atoms with van der Waals surface area (Å²) in [5.41, 5.74) is 0. The third-order valence-electron chi connectivity index (χ3n) is 4.16. The molecule has 1 heterocycles. The van der Waals surface area contributed by atoms with Crippen LogP contribution in [0.3, 0.4) is 0 Å². The average molecular weight is 241 g/mol. The molecule has 3 nitrogen and oxygen atoms in total. The number of nitrogens with one attached hydrogen (secondary N) is 1. The third-order valence-corrected chi connectivity index (χ3v) is 4.16. The van der Waals surface area contributed by atoms with Crippen LogP contribution in [0.2, 0.25) is 0 Å². The van der Waals surface area contributed by atoms with Gasteiger partial charge in [0.15, 0.2) is 0 Å². The van der Waals surface area contributed by atoms with Crippen LogP contribution in [0.25, 0.3) is 0 Å². The first-order valence-corrected chi connectivity index (χ1v) is 7.21. The first-order valence-electron chi connectivity index (χ1n) is 7.21. The van der Waals surface area contributed by atoms with Crippen molar-refractivity contribution in [2.75, 3.05) is 20.2 Å². The summed E-state index contributed by atoms with van der Waals surface area (Å²) in [6.07, 6.45) is 8.85. The van der Waals surface area contributed by atoms with Gasteiger partial charge in [-0.15, -0.1) is 0 Å². The van der Waals surface area contributed by atoms with Gasteiger partial charge in [-0.3, -0.25) is 0 Å². The Labute approximate surface area is 105 Å². The average Bonchev–Trinajstić information content (AvgIpc) is 2.76. The molecule has 17 heavy (non-hydrogen) atoms. The molecule has 0 aromatic heterocycles. The predicted molar refractivity (Wildman–Crippen MR) is 69.2 cm³/mol. The smallest absolute Gasteiger partial charge is 0.0814 e. The molecule has 0 radical (unpaired) electrons. The first-order chi connectivity index (χ1) is 8.29. The Morgan fingerprint density at radius 3 is 2.65 bits per heavy atom. The second kappa shape index (κ2) is 6.72. The molecule has 1 saturated heterocycles. The van der Waals surface area contributed by atoms with Crippen molar-refractivity contribution in [1.29, 1.82) is 0 Å². The summed E-state index contributed by atoms with van der Waals surface area (Å²) in [6.45, 7) is 4.09. The van der Waals surface area contributed by atoms with Gasteiger partial charge in [-0.2, -0.15) is 0 Å². The fraction of sp³-hybridized carbons (Fsp3) is 1.00. The number of hydrogen-bond acceptors (Lipinski definition) is 3. The Morgan fingerprint density at radius 2 is 1.88 bits per heavy atom. The van der Waals surface area contributed by atoms with Crippen molar-refractivity contribution in [3.8, 4) is 0 Å². The summed E-state index contributed by atoms with van der Waals surface area (Å²) in [4.78, 5) is 0. The topological polar surface area (TPSA) is 30.5 Å². The van der Waals surface area contributed by atoms with Gasteiger partial charge in [-0.1, -0.05) is 19.8 Å². The van der Waals surface area contributed by atoms with Gasteiger partial charge in [0, 0.05) is 6.54 Å². The van der Waals surface area contributed by atoms with Crippen molar-refractivity contribution < 1.29 is 9.47 Å². The van der Waals surface area contributed by atoms with Crippen LogP contribution in [-0.2, 0) is 9.47 Å². The van der Waals surface area contributed by atoms with Crippen LogP contribution in [0, 0.1) is 5.92 Å². The number of likely N-dealkylation sites (N-methyl/N-ethyl adjacent to an activating group) is 1. The maximum atomic E-state index is 6.06. The third kappa shape index (κ3) is 3.94. The summed E-state index contributed by atoms with van der Waals surface area (Å²) in [5, 5.41) is 3.18. The lowest BCUT2D eigenvalue weighted by molar-refractivity contribution is -0.0651. The van der Waals surface area contributed by atoms with E-state index in [1.165, 1.54) is 32.1 Å². The van der Waals surface area contributed by atoms with E-state index in [4.69, 9.17) is 9.47 Å². The summed E-state index contributed by atoms with van der Waals surface area (Å²) in [7, 11) is 1.98. The lowest BCUT2D eigenvalue weighted by Gasteiger charge is -2.29. The van der Waals surface area contributed by atoms with Crippen molar-refractivity contribution in [2.45, 2.75) is 63.8 Å². The first kappa shape index (κ1) is 13.3. The van der Waals surface area contributed by atoms with Crippen molar-refractivity contribution in [1.82, 2.24) is 5.32 Å². The fourth-order valence-electron chi connectivity index (χ4n) is 3.04. The van der Waals surface area contributed by atoms with Gasteiger partial charge in [-0.05, 0) is 38.6 Å². The van der Waals surface area contributed by atoms with Gasteiger partial charge in [0.05, 0.1) is 24.9 Å². The van der Waals surface area contributed by atoms with E-state index in [2.05, 4.69) is 12.2 Å². The van der Waals surface area contributed by atoms with Gasteiger partial charge in [0.1, 0.15) is 0 Å². The molecule has 100 valence electrons. The molecule has 0 bridgehead atoms. The Balaban J connectivity index is 1.65. The molecule has 0 aromatic rings. The molecule has 1 aliphatic heterocycles. The molecule has 1 saturated carbocycles. The highest BCUT2D eigenvalue weighted by Crippen LogP contribution is 2.27. The molecule has 4 atom stereocenters. The number of hydrogen-bond donors (Lipinski definition) is 1. The SMILES string of the molecule is CNCC1CCC(COC2CCCCC2C)O1. The minimum absolute atomic E-state index is 0.336. The second-order valence-corrected chi connectivity index (χ2v) is 5.65. The van der Waals surface area contributed by atoms with Crippen LogP contribution in [0.15, 0.2) is 0 Å². The van der Waals surface area contributed by atoms with Crippen LogP contribution >= 0.6 is 0 Å². The van der Waals surface area contributed by atoms with Crippen LogP contribution in [0.5, 0.6) is 0 Å².